The molecule has 0 amide bonds. The SMILES string of the molecule is C=CCOC(=O)C(C)(O)c1cccc2cc(OC)ccc12. The minimum Gasteiger partial charge on any atom is -0.497 e. The van der Waals surface area contributed by atoms with Gasteiger partial charge in [-0.3, -0.25) is 0 Å². The second kappa shape index (κ2) is 5.97. The molecule has 1 N–H and O–H groups in total. The van der Waals surface area contributed by atoms with Crippen molar-refractivity contribution in [3.05, 3.63) is 54.6 Å². The minimum absolute atomic E-state index is 0.0631. The number of rotatable bonds is 5. The number of esters is 1. The molecule has 1 unspecified atom stereocenters. The fourth-order valence-corrected chi connectivity index (χ4v) is 2.20. The van der Waals surface area contributed by atoms with Crippen molar-refractivity contribution in [3.8, 4) is 5.75 Å². The molecule has 1 atom stereocenters. The highest BCUT2D eigenvalue weighted by atomic mass is 16.5. The van der Waals surface area contributed by atoms with Crippen LogP contribution < -0.4 is 4.74 Å². The van der Waals surface area contributed by atoms with Gasteiger partial charge in [-0.1, -0.05) is 36.9 Å². The molecule has 0 spiro atoms. The van der Waals surface area contributed by atoms with Crippen molar-refractivity contribution in [1.82, 2.24) is 0 Å². The average Bonchev–Trinajstić information content (AvgIpc) is 2.51. The van der Waals surface area contributed by atoms with Gasteiger partial charge in [-0.15, -0.1) is 0 Å². The van der Waals surface area contributed by atoms with E-state index in [-0.39, 0.29) is 6.61 Å². The van der Waals surface area contributed by atoms with Gasteiger partial charge in [0.05, 0.1) is 7.11 Å². The van der Waals surface area contributed by atoms with Crippen molar-refractivity contribution in [3.63, 3.8) is 0 Å². The molecule has 0 bridgehead atoms. The number of aliphatic hydroxyl groups is 1. The molecule has 2 rings (SSSR count). The lowest BCUT2D eigenvalue weighted by Gasteiger charge is -2.23. The molecule has 0 saturated heterocycles. The quantitative estimate of drug-likeness (QED) is 0.678. The zero-order chi connectivity index (χ0) is 15.5. The Morgan fingerprint density at radius 2 is 2.14 bits per heavy atom. The Morgan fingerprint density at radius 3 is 2.81 bits per heavy atom. The first-order chi connectivity index (χ1) is 10.0. The summed E-state index contributed by atoms with van der Waals surface area (Å²) in [6.07, 6.45) is 1.46. The number of hydrogen-bond acceptors (Lipinski definition) is 4. The fraction of sp³-hybridized carbons (Fsp3) is 0.235. The summed E-state index contributed by atoms with van der Waals surface area (Å²) in [6, 6.07) is 10.8. The van der Waals surface area contributed by atoms with Crippen molar-refractivity contribution >= 4 is 16.7 Å². The molecule has 4 nitrogen and oxygen atoms in total. The van der Waals surface area contributed by atoms with Crippen LogP contribution in [0.3, 0.4) is 0 Å². The van der Waals surface area contributed by atoms with Crippen LogP contribution in [0, 0.1) is 0 Å². The first kappa shape index (κ1) is 15.1. The van der Waals surface area contributed by atoms with E-state index in [1.807, 2.05) is 18.2 Å². The molecule has 2 aromatic rings. The van der Waals surface area contributed by atoms with Crippen LogP contribution in [-0.4, -0.2) is 24.8 Å². The van der Waals surface area contributed by atoms with Gasteiger partial charge in [-0.2, -0.15) is 0 Å². The third-order valence-corrected chi connectivity index (χ3v) is 3.34. The van der Waals surface area contributed by atoms with Gasteiger partial charge in [0.2, 0.25) is 0 Å². The van der Waals surface area contributed by atoms with Crippen LogP contribution in [0.4, 0.5) is 0 Å². The number of carbonyl (C=O) groups is 1. The van der Waals surface area contributed by atoms with Crippen molar-refractivity contribution in [2.75, 3.05) is 13.7 Å². The summed E-state index contributed by atoms with van der Waals surface area (Å²) >= 11 is 0. The number of hydrogen-bond donors (Lipinski definition) is 1. The number of methoxy groups -OCH3 is 1. The van der Waals surface area contributed by atoms with Gasteiger partial charge in [0, 0.05) is 5.56 Å². The summed E-state index contributed by atoms with van der Waals surface area (Å²) in [4.78, 5) is 12.0. The van der Waals surface area contributed by atoms with E-state index in [0.717, 1.165) is 10.8 Å². The minimum atomic E-state index is -1.73. The van der Waals surface area contributed by atoms with Crippen LogP contribution in [0.1, 0.15) is 12.5 Å². The van der Waals surface area contributed by atoms with Crippen LogP contribution in [0.25, 0.3) is 10.8 Å². The van der Waals surface area contributed by atoms with Crippen molar-refractivity contribution in [1.29, 1.82) is 0 Å². The molecular formula is C17H18O4. The summed E-state index contributed by atoms with van der Waals surface area (Å²) in [6.45, 7) is 4.97. The lowest BCUT2D eigenvalue weighted by Crippen LogP contribution is -2.34. The summed E-state index contributed by atoms with van der Waals surface area (Å²) in [5, 5.41) is 12.2. The number of ether oxygens (including phenoxy) is 2. The van der Waals surface area contributed by atoms with E-state index < -0.39 is 11.6 Å². The average molecular weight is 286 g/mol. The van der Waals surface area contributed by atoms with Gasteiger partial charge >= 0.3 is 5.97 Å². The topological polar surface area (TPSA) is 55.8 Å². The normalized spacial score (nSPS) is 13.5. The first-order valence-electron chi connectivity index (χ1n) is 6.58. The Hall–Kier alpha value is -2.33. The molecular weight excluding hydrogens is 268 g/mol. The Kier molecular flexibility index (Phi) is 4.29. The van der Waals surface area contributed by atoms with E-state index >= 15 is 0 Å². The highest BCUT2D eigenvalue weighted by molar-refractivity contribution is 5.93. The van der Waals surface area contributed by atoms with Crippen LogP contribution in [0.15, 0.2) is 49.1 Å². The Balaban J connectivity index is 2.50. The van der Waals surface area contributed by atoms with E-state index in [0.29, 0.717) is 11.3 Å². The van der Waals surface area contributed by atoms with Gasteiger partial charge < -0.3 is 14.6 Å². The summed E-state index contributed by atoms with van der Waals surface area (Å²) in [5.74, 6) is 0.0132. The highest BCUT2D eigenvalue weighted by Gasteiger charge is 2.35. The van der Waals surface area contributed by atoms with Gasteiger partial charge in [0.15, 0.2) is 5.60 Å². The summed E-state index contributed by atoms with van der Waals surface area (Å²) in [7, 11) is 1.59. The summed E-state index contributed by atoms with van der Waals surface area (Å²) < 4.78 is 10.2. The molecule has 110 valence electrons. The van der Waals surface area contributed by atoms with Crippen molar-refractivity contribution in [2.24, 2.45) is 0 Å². The fourth-order valence-electron chi connectivity index (χ4n) is 2.20. The highest BCUT2D eigenvalue weighted by Crippen LogP contribution is 2.31. The van der Waals surface area contributed by atoms with Gasteiger partial charge in [0.1, 0.15) is 12.4 Å². The van der Waals surface area contributed by atoms with Crippen LogP contribution in [0.5, 0.6) is 5.75 Å². The number of carbonyl (C=O) groups excluding carboxylic acids is 1. The van der Waals surface area contributed by atoms with Crippen molar-refractivity contribution in [2.45, 2.75) is 12.5 Å². The lowest BCUT2D eigenvalue weighted by molar-refractivity contribution is -0.163. The second-order valence-electron chi connectivity index (χ2n) is 4.85. The van der Waals surface area contributed by atoms with E-state index in [1.165, 1.54) is 13.0 Å². The molecule has 0 heterocycles. The molecule has 0 aliphatic carbocycles. The van der Waals surface area contributed by atoms with E-state index in [1.54, 1.807) is 25.3 Å². The van der Waals surface area contributed by atoms with E-state index in [9.17, 15) is 9.90 Å². The molecule has 0 aliphatic rings. The maximum atomic E-state index is 12.0. The van der Waals surface area contributed by atoms with Crippen LogP contribution in [-0.2, 0) is 15.1 Å². The van der Waals surface area contributed by atoms with E-state index in [2.05, 4.69) is 6.58 Å². The zero-order valence-corrected chi connectivity index (χ0v) is 12.1. The number of fused-ring (bicyclic) bond motifs is 1. The maximum absolute atomic E-state index is 12.0. The second-order valence-corrected chi connectivity index (χ2v) is 4.85. The molecule has 2 aromatic carbocycles. The molecule has 0 aromatic heterocycles. The number of benzene rings is 2. The Bertz CT molecular complexity index is 674. The monoisotopic (exact) mass is 286 g/mol. The molecule has 0 saturated carbocycles. The van der Waals surface area contributed by atoms with Gasteiger partial charge in [-0.05, 0) is 29.8 Å². The maximum Gasteiger partial charge on any atom is 0.342 e. The molecule has 0 aliphatic heterocycles. The van der Waals surface area contributed by atoms with Crippen molar-refractivity contribution < 1.29 is 19.4 Å². The van der Waals surface area contributed by atoms with Gasteiger partial charge in [0.25, 0.3) is 0 Å². The third-order valence-electron chi connectivity index (χ3n) is 3.34. The largest absolute Gasteiger partial charge is 0.497 e. The Labute approximate surface area is 123 Å². The third kappa shape index (κ3) is 2.90. The molecule has 0 fully saturated rings. The summed E-state index contributed by atoms with van der Waals surface area (Å²) in [5.41, 5.74) is -1.23. The van der Waals surface area contributed by atoms with E-state index in [4.69, 9.17) is 9.47 Å². The Morgan fingerprint density at radius 1 is 1.38 bits per heavy atom. The first-order valence-corrected chi connectivity index (χ1v) is 6.58. The zero-order valence-electron chi connectivity index (χ0n) is 12.1. The smallest absolute Gasteiger partial charge is 0.342 e. The molecule has 0 radical (unpaired) electrons. The predicted molar refractivity (Wildman–Crippen MR) is 81.2 cm³/mol. The standard InChI is InChI=1S/C17H18O4/c1-4-10-21-16(18)17(2,19)15-7-5-6-12-11-13(20-3)8-9-14(12)15/h4-9,11,19H,1,10H2,2-3H3. The lowest BCUT2D eigenvalue weighted by atomic mass is 9.91. The predicted octanol–water partition coefficient (Wildman–Crippen LogP) is 2.79. The molecule has 4 heteroatoms. The van der Waals surface area contributed by atoms with Gasteiger partial charge in [-0.25, -0.2) is 4.79 Å². The van der Waals surface area contributed by atoms with Crippen LogP contribution in [0.2, 0.25) is 0 Å². The molecule has 21 heavy (non-hydrogen) atoms. The van der Waals surface area contributed by atoms with Crippen LogP contribution >= 0.6 is 0 Å².